The van der Waals surface area contributed by atoms with Gasteiger partial charge in [-0.3, -0.25) is 0 Å². The van der Waals surface area contributed by atoms with Crippen molar-refractivity contribution < 1.29 is 4.65 Å². The molecule has 3 heteroatoms. The lowest BCUT2D eigenvalue weighted by molar-refractivity contribution is -0.891. The van der Waals surface area contributed by atoms with Crippen LogP contribution in [0.1, 0.15) is 17.9 Å². The zero-order valence-electron chi connectivity index (χ0n) is 8.51. The van der Waals surface area contributed by atoms with E-state index >= 15 is 0 Å². The Morgan fingerprint density at radius 3 is 2.50 bits per heavy atom. The van der Waals surface area contributed by atoms with Crippen molar-refractivity contribution in [2.75, 3.05) is 12.8 Å². The van der Waals surface area contributed by atoms with E-state index < -0.39 is 0 Å². The zero-order valence-corrected chi connectivity index (χ0v) is 9.33. The highest BCUT2D eigenvalue weighted by Gasteiger charge is 2.38. The van der Waals surface area contributed by atoms with E-state index in [1.807, 2.05) is 37.3 Å². The maximum absolute atomic E-state index is 12.3. The monoisotopic (exact) mass is 209 g/mol. The Labute approximate surface area is 89.1 Å². The molecule has 1 heterocycles. The van der Waals surface area contributed by atoms with Gasteiger partial charge in [0.1, 0.15) is 0 Å². The van der Waals surface area contributed by atoms with Crippen molar-refractivity contribution >= 4 is 11.8 Å². The molecule has 0 radical (unpaired) electrons. The molecule has 1 fully saturated rings. The zero-order chi connectivity index (χ0) is 10.2. The molecule has 1 aromatic carbocycles. The summed E-state index contributed by atoms with van der Waals surface area (Å²) in [7, 11) is 1.78. The predicted octanol–water partition coefficient (Wildman–Crippen LogP) is 2.76. The smallest absolute Gasteiger partial charge is 0.161 e. The molecular weight excluding hydrogens is 194 g/mol. The third-order valence-electron chi connectivity index (χ3n) is 2.92. The van der Waals surface area contributed by atoms with Crippen LogP contribution in [0.15, 0.2) is 30.3 Å². The average molecular weight is 209 g/mol. The van der Waals surface area contributed by atoms with Gasteiger partial charge in [0.15, 0.2) is 5.37 Å². The van der Waals surface area contributed by atoms with Gasteiger partial charge in [0.2, 0.25) is 0 Å². The molecule has 0 saturated carbocycles. The topological polar surface area (TPSA) is 23.1 Å². The second kappa shape index (κ2) is 3.57. The van der Waals surface area contributed by atoms with Gasteiger partial charge in [-0.05, 0) is 6.92 Å². The minimum atomic E-state index is -0.144. The summed E-state index contributed by atoms with van der Waals surface area (Å²) in [6.07, 6.45) is 0. The van der Waals surface area contributed by atoms with Gasteiger partial charge in [-0.25, -0.2) is 0 Å². The van der Waals surface area contributed by atoms with Crippen LogP contribution in [-0.2, 0) is 0 Å². The van der Waals surface area contributed by atoms with Crippen molar-refractivity contribution in [2.45, 2.75) is 18.3 Å². The normalized spacial score (nSPS) is 37.4. The minimum absolute atomic E-state index is 0.0613. The molecule has 0 amide bonds. The number of hydroxylamine groups is 3. The molecule has 14 heavy (non-hydrogen) atoms. The molecule has 76 valence electrons. The lowest BCUT2D eigenvalue weighted by atomic mass is 10.2. The van der Waals surface area contributed by atoms with Gasteiger partial charge >= 0.3 is 0 Å². The molecule has 1 aromatic rings. The first-order valence-electron chi connectivity index (χ1n) is 4.86. The predicted molar refractivity (Wildman–Crippen MR) is 60.7 cm³/mol. The van der Waals surface area contributed by atoms with Crippen LogP contribution in [0.3, 0.4) is 0 Å². The Morgan fingerprint density at radius 1 is 1.36 bits per heavy atom. The maximum Gasteiger partial charge on any atom is 0.161 e. The summed E-state index contributed by atoms with van der Waals surface area (Å²) in [5, 5.41) is 12.3. The highest BCUT2D eigenvalue weighted by atomic mass is 32.2. The first-order valence-corrected chi connectivity index (χ1v) is 5.90. The van der Waals surface area contributed by atoms with Crippen molar-refractivity contribution in [1.82, 2.24) is 0 Å². The highest BCUT2D eigenvalue weighted by molar-refractivity contribution is 7.99. The molecular formula is C11H15NOS. The second-order valence-corrected chi connectivity index (χ2v) is 5.12. The van der Waals surface area contributed by atoms with Crippen LogP contribution in [0.25, 0.3) is 0 Å². The lowest BCUT2D eigenvalue weighted by Gasteiger charge is -2.43. The summed E-state index contributed by atoms with van der Waals surface area (Å²) in [4.78, 5) is 0. The molecule has 3 atom stereocenters. The lowest BCUT2D eigenvalue weighted by Crippen LogP contribution is -2.42. The third-order valence-corrected chi connectivity index (χ3v) is 4.60. The molecule has 0 aliphatic carbocycles. The van der Waals surface area contributed by atoms with E-state index in [1.54, 1.807) is 18.8 Å². The van der Waals surface area contributed by atoms with Gasteiger partial charge in [0.25, 0.3) is 0 Å². The fourth-order valence-electron chi connectivity index (χ4n) is 1.77. The first-order chi connectivity index (χ1) is 6.62. The molecule has 2 nitrogen and oxygen atoms in total. The van der Waals surface area contributed by atoms with E-state index in [2.05, 4.69) is 0 Å². The molecule has 0 N–H and O–H groups in total. The SMILES string of the molecule is C[C@@H]1CS[C@H](c2ccccc2)[N+]1(C)[O-]. The summed E-state index contributed by atoms with van der Waals surface area (Å²) in [6.45, 7) is 2.03. The Hall–Kier alpha value is -0.510. The number of quaternary nitrogens is 1. The van der Waals surface area contributed by atoms with Crippen LogP contribution >= 0.6 is 11.8 Å². The van der Waals surface area contributed by atoms with Crippen LogP contribution in [0.4, 0.5) is 0 Å². The van der Waals surface area contributed by atoms with Gasteiger partial charge in [-0.15, -0.1) is 0 Å². The fraction of sp³-hybridized carbons (Fsp3) is 0.455. The molecule has 0 aromatic heterocycles. The highest BCUT2D eigenvalue weighted by Crippen LogP contribution is 2.45. The summed E-state index contributed by atoms with van der Waals surface area (Å²) < 4.78 is -0.144. The number of nitrogens with zero attached hydrogens (tertiary/aromatic N) is 1. The summed E-state index contributed by atoms with van der Waals surface area (Å²) in [5.41, 5.74) is 1.15. The standard InChI is InChI=1S/C11H15NOS/c1-9-8-14-11(12(9,2)13)10-6-4-3-5-7-10/h3-7,9,11H,8H2,1-2H3/t9-,11-,12?/m1/s1. The number of hydrogen-bond donors (Lipinski definition) is 0. The molecule has 1 saturated heterocycles. The van der Waals surface area contributed by atoms with E-state index in [0.717, 1.165) is 11.3 Å². The van der Waals surface area contributed by atoms with E-state index in [1.165, 1.54) is 0 Å². The molecule has 0 bridgehead atoms. The first kappa shape index (κ1) is 10.0. The van der Waals surface area contributed by atoms with E-state index in [4.69, 9.17) is 0 Å². The Balaban J connectivity index is 2.29. The van der Waals surface area contributed by atoms with Gasteiger partial charge in [0, 0.05) is 5.56 Å². The number of hydrogen-bond acceptors (Lipinski definition) is 2. The fourth-order valence-corrected chi connectivity index (χ4v) is 3.38. The van der Waals surface area contributed by atoms with Crippen molar-refractivity contribution in [2.24, 2.45) is 0 Å². The van der Waals surface area contributed by atoms with Gasteiger partial charge in [-0.1, -0.05) is 42.1 Å². The van der Waals surface area contributed by atoms with Crippen LogP contribution in [-0.4, -0.2) is 23.5 Å². The van der Waals surface area contributed by atoms with Crippen LogP contribution in [0, 0.1) is 5.21 Å². The van der Waals surface area contributed by atoms with E-state index in [-0.39, 0.29) is 16.1 Å². The van der Waals surface area contributed by atoms with Crippen LogP contribution in [0.2, 0.25) is 0 Å². The molecule has 2 rings (SSSR count). The molecule has 0 spiro atoms. The number of benzene rings is 1. The number of rotatable bonds is 1. The van der Waals surface area contributed by atoms with Crippen molar-refractivity contribution in [3.05, 3.63) is 41.1 Å². The van der Waals surface area contributed by atoms with Crippen molar-refractivity contribution in [1.29, 1.82) is 0 Å². The third kappa shape index (κ3) is 1.56. The molecule has 1 unspecified atom stereocenters. The Bertz CT molecular complexity index is 312. The van der Waals surface area contributed by atoms with Crippen molar-refractivity contribution in [3.63, 3.8) is 0 Å². The van der Waals surface area contributed by atoms with E-state index in [9.17, 15) is 5.21 Å². The summed E-state index contributed by atoms with van der Waals surface area (Å²) in [6, 6.07) is 10.3. The average Bonchev–Trinajstić information content (AvgIpc) is 2.44. The van der Waals surface area contributed by atoms with Gasteiger partial charge in [0.05, 0.1) is 18.8 Å². The summed E-state index contributed by atoms with van der Waals surface area (Å²) in [5.74, 6) is 0.958. The Kier molecular flexibility index (Phi) is 2.56. The van der Waals surface area contributed by atoms with Crippen LogP contribution < -0.4 is 0 Å². The van der Waals surface area contributed by atoms with Crippen LogP contribution in [0.5, 0.6) is 0 Å². The summed E-state index contributed by atoms with van der Waals surface area (Å²) >= 11 is 1.77. The second-order valence-electron chi connectivity index (χ2n) is 4.00. The maximum atomic E-state index is 12.3. The number of thioether (sulfide) groups is 1. The molecule has 1 aliphatic heterocycles. The Morgan fingerprint density at radius 2 is 2.00 bits per heavy atom. The van der Waals surface area contributed by atoms with E-state index in [0.29, 0.717) is 0 Å². The largest absolute Gasteiger partial charge is 0.632 e. The quantitative estimate of drug-likeness (QED) is 0.524. The van der Waals surface area contributed by atoms with Gasteiger partial charge in [-0.2, -0.15) is 0 Å². The van der Waals surface area contributed by atoms with Gasteiger partial charge < -0.3 is 9.85 Å². The minimum Gasteiger partial charge on any atom is -0.632 e. The van der Waals surface area contributed by atoms with Crippen molar-refractivity contribution in [3.8, 4) is 0 Å². The molecule has 1 aliphatic rings.